The van der Waals surface area contributed by atoms with Crippen LogP contribution in [0.5, 0.6) is 0 Å². The highest BCUT2D eigenvalue weighted by molar-refractivity contribution is 6.05. The molecule has 0 aromatic heterocycles. The van der Waals surface area contributed by atoms with Crippen molar-refractivity contribution in [2.45, 2.75) is 27.7 Å². The number of hydrogen-bond donors (Lipinski definition) is 0. The molecule has 0 heterocycles. The van der Waals surface area contributed by atoms with E-state index in [2.05, 4.69) is 0 Å². The van der Waals surface area contributed by atoms with Gasteiger partial charge >= 0.3 is 0 Å². The summed E-state index contributed by atoms with van der Waals surface area (Å²) < 4.78 is 0. The Morgan fingerprint density at radius 2 is 1.65 bits per heavy atom. The van der Waals surface area contributed by atoms with Crippen LogP contribution in [0.4, 0.5) is 0 Å². The van der Waals surface area contributed by atoms with Crippen LogP contribution in [0.15, 0.2) is 30.3 Å². The van der Waals surface area contributed by atoms with Gasteiger partial charge in [0.25, 0.3) is 5.91 Å². The lowest BCUT2D eigenvalue weighted by Gasteiger charge is -2.26. The van der Waals surface area contributed by atoms with Crippen molar-refractivity contribution in [2.75, 3.05) is 6.54 Å². The summed E-state index contributed by atoms with van der Waals surface area (Å²) in [4.78, 5) is 25.6. The maximum atomic E-state index is 12.2. The summed E-state index contributed by atoms with van der Waals surface area (Å²) in [5.41, 5.74) is 0.00688. The third-order valence-corrected chi connectivity index (χ3v) is 2.47. The molecule has 0 N–H and O–H groups in total. The molecule has 1 aromatic rings. The van der Waals surface area contributed by atoms with Gasteiger partial charge in [-0.1, -0.05) is 39.0 Å². The van der Waals surface area contributed by atoms with Crippen LogP contribution in [0, 0.1) is 5.41 Å². The van der Waals surface area contributed by atoms with E-state index in [1.54, 1.807) is 24.3 Å². The normalized spacial score (nSPS) is 11.1. The summed E-state index contributed by atoms with van der Waals surface area (Å²) in [7, 11) is 0. The molecule has 0 saturated carbocycles. The number of nitrogens with zero attached hydrogens (tertiary/aromatic N) is 1. The van der Waals surface area contributed by atoms with Crippen molar-refractivity contribution in [1.29, 1.82) is 0 Å². The van der Waals surface area contributed by atoms with Gasteiger partial charge in [-0.15, -0.1) is 0 Å². The number of carbonyl (C=O) groups is 2. The molecule has 0 spiro atoms. The lowest BCUT2D eigenvalue weighted by molar-refractivity contribution is -0.136. The maximum absolute atomic E-state index is 12.2. The number of rotatable bonds is 2. The number of hydrogen-bond acceptors (Lipinski definition) is 2. The molecule has 0 fully saturated rings. The Balaban J connectivity index is 2.97. The summed E-state index contributed by atoms with van der Waals surface area (Å²) in [6.45, 7) is 7.65. The molecule has 0 bridgehead atoms. The number of amides is 2. The predicted octanol–water partition coefficient (Wildman–Crippen LogP) is 2.72. The Hall–Kier alpha value is -1.64. The predicted molar refractivity (Wildman–Crippen MR) is 67.6 cm³/mol. The van der Waals surface area contributed by atoms with Gasteiger partial charge in [-0.25, -0.2) is 0 Å². The van der Waals surface area contributed by atoms with Crippen LogP contribution in [0.3, 0.4) is 0 Å². The molecular weight excluding hydrogens is 214 g/mol. The van der Waals surface area contributed by atoms with Crippen LogP contribution < -0.4 is 0 Å². The third-order valence-electron chi connectivity index (χ3n) is 2.47. The highest BCUT2D eigenvalue weighted by Crippen LogP contribution is 2.19. The molecule has 0 aliphatic rings. The summed E-state index contributed by atoms with van der Waals surface area (Å²) >= 11 is 0. The van der Waals surface area contributed by atoms with Crippen molar-refractivity contribution in [3.8, 4) is 0 Å². The van der Waals surface area contributed by atoms with Gasteiger partial charge in [0.1, 0.15) is 0 Å². The molecule has 1 aromatic carbocycles. The van der Waals surface area contributed by atoms with E-state index in [0.717, 1.165) is 0 Å². The van der Waals surface area contributed by atoms with Gasteiger partial charge < -0.3 is 0 Å². The Kier molecular flexibility index (Phi) is 4.05. The third kappa shape index (κ3) is 3.16. The molecule has 0 radical (unpaired) electrons. The quantitative estimate of drug-likeness (QED) is 0.787. The second-order valence-corrected chi connectivity index (χ2v) is 4.97. The number of imide groups is 1. The second kappa shape index (κ2) is 5.13. The molecule has 0 aliphatic carbocycles. The van der Waals surface area contributed by atoms with Crippen molar-refractivity contribution < 1.29 is 9.59 Å². The number of carbonyl (C=O) groups excluding carboxylic acids is 2. The SMILES string of the molecule is CCN(C(=O)c1ccccc1)C(=O)C(C)(C)C. The topological polar surface area (TPSA) is 37.4 Å². The minimum Gasteiger partial charge on any atom is -0.278 e. The fourth-order valence-corrected chi connectivity index (χ4v) is 1.52. The van der Waals surface area contributed by atoms with E-state index in [4.69, 9.17) is 0 Å². The van der Waals surface area contributed by atoms with Gasteiger partial charge in [-0.2, -0.15) is 0 Å². The van der Waals surface area contributed by atoms with Crippen molar-refractivity contribution in [2.24, 2.45) is 5.41 Å². The van der Waals surface area contributed by atoms with E-state index in [1.807, 2.05) is 33.8 Å². The number of benzene rings is 1. The van der Waals surface area contributed by atoms with Crippen molar-refractivity contribution >= 4 is 11.8 Å². The van der Waals surface area contributed by atoms with Crippen LogP contribution in [0.25, 0.3) is 0 Å². The zero-order valence-electron chi connectivity index (χ0n) is 10.9. The summed E-state index contributed by atoms with van der Waals surface area (Å²) in [5, 5.41) is 0. The fourth-order valence-electron chi connectivity index (χ4n) is 1.52. The first-order valence-electron chi connectivity index (χ1n) is 5.79. The van der Waals surface area contributed by atoms with Gasteiger partial charge in [0.15, 0.2) is 0 Å². The summed E-state index contributed by atoms with van der Waals surface area (Å²) in [6.07, 6.45) is 0. The van der Waals surface area contributed by atoms with E-state index in [9.17, 15) is 9.59 Å². The van der Waals surface area contributed by atoms with Gasteiger partial charge in [-0.05, 0) is 19.1 Å². The molecule has 1 rings (SSSR count). The lowest BCUT2D eigenvalue weighted by atomic mass is 9.94. The molecule has 3 heteroatoms. The zero-order chi connectivity index (χ0) is 13.1. The largest absolute Gasteiger partial charge is 0.278 e. The molecule has 0 unspecified atom stereocenters. The van der Waals surface area contributed by atoms with Crippen molar-refractivity contribution in [3.05, 3.63) is 35.9 Å². The minimum absolute atomic E-state index is 0.145. The van der Waals surface area contributed by atoms with Gasteiger partial charge in [0.2, 0.25) is 5.91 Å². The van der Waals surface area contributed by atoms with Gasteiger partial charge in [0.05, 0.1) is 0 Å². The average molecular weight is 233 g/mol. The van der Waals surface area contributed by atoms with Gasteiger partial charge in [-0.3, -0.25) is 14.5 Å². The first-order chi connectivity index (χ1) is 7.88. The molecule has 0 saturated heterocycles. The molecule has 0 atom stereocenters. The second-order valence-electron chi connectivity index (χ2n) is 4.97. The minimum atomic E-state index is -0.541. The van der Waals surface area contributed by atoms with E-state index in [-0.39, 0.29) is 11.8 Å². The van der Waals surface area contributed by atoms with E-state index in [0.29, 0.717) is 12.1 Å². The van der Waals surface area contributed by atoms with Crippen LogP contribution in [0.2, 0.25) is 0 Å². The molecule has 17 heavy (non-hydrogen) atoms. The smallest absolute Gasteiger partial charge is 0.260 e. The monoisotopic (exact) mass is 233 g/mol. The van der Waals surface area contributed by atoms with Crippen molar-refractivity contribution in [3.63, 3.8) is 0 Å². The first kappa shape index (κ1) is 13.4. The summed E-state index contributed by atoms with van der Waals surface area (Å²) in [5.74, 6) is -0.373. The molecule has 3 nitrogen and oxygen atoms in total. The van der Waals surface area contributed by atoms with Crippen LogP contribution in [0.1, 0.15) is 38.1 Å². The Labute approximate surface area is 102 Å². The fraction of sp³-hybridized carbons (Fsp3) is 0.429. The van der Waals surface area contributed by atoms with Crippen LogP contribution >= 0.6 is 0 Å². The Bertz CT molecular complexity index is 404. The standard InChI is InChI=1S/C14H19NO2/c1-5-15(13(17)14(2,3)4)12(16)11-9-7-6-8-10-11/h6-10H,5H2,1-4H3. The lowest BCUT2D eigenvalue weighted by Crippen LogP contribution is -2.43. The average Bonchev–Trinajstić information content (AvgIpc) is 2.29. The van der Waals surface area contributed by atoms with Crippen LogP contribution in [-0.2, 0) is 4.79 Å². The summed E-state index contributed by atoms with van der Waals surface area (Å²) in [6, 6.07) is 8.88. The molecule has 0 aliphatic heterocycles. The van der Waals surface area contributed by atoms with Crippen LogP contribution in [-0.4, -0.2) is 23.3 Å². The van der Waals surface area contributed by atoms with E-state index < -0.39 is 5.41 Å². The first-order valence-corrected chi connectivity index (χ1v) is 5.79. The van der Waals surface area contributed by atoms with Gasteiger partial charge in [0, 0.05) is 17.5 Å². The Morgan fingerprint density at radius 1 is 1.12 bits per heavy atom. The van der Waals surface area contributed by atoms with E-state index in [1.165, 1.54) is 4.90 Å². The van der Waals surface area contributed by atoms with Crippen molar-refractivity contribution in [1.82, 2.24) is 4.90 Å². The zero-order valence-corrected chi connectivity index (χ0v) is 10.9. The highest BCUT2D eigenvalue weighted by Gasteiger charge is 2.30. The molecule has 2 amide bonds. The molecular formula is C14H19NO2. The highest BCUT2D eigenvalue weighted by atomic mass is 16.2. The Morgan fingerprint density at radius 3 is 2.06 bits per heavy atom. The molecule has 92 valence electrons. The maximum Gasteiger partial charge on any atom is 0.260 e. The van der Waals surface area contributed by atoms with E-state index >= 15 is 0 Å².